The Hall–Kier alpha value is -0.120. The molecule has 2 rings (SSSR count). The van der Waals surface area contributed by atoms with Crippen LogP contribution in [0.25, 0.3) is 0 Å². The summed E-state index contributed by atoms with van der Waals surface area (Å²) in [5, 5.41) is 12.5. The van der Waals surface area contributed by atoms with E-state index in [0.717, 1.165) is 6.04 Å². The van der Waals surface area contributed by atoms with Gasteiger partial charge in [0.05, 0.1) is 0 Å². The van der Waals surface area contributed by atoms with Crippen molar-refractivity contribution >= 4 is 0 Å². The van der Waals surface area contributed by atoms with E-state index in [1.165, 1.54) is 51.9 Å². The van der Waals surface area contributed by atoms with Gasteiger partial charge < -0.3 is 10.4 Å². The van der Waals surface area contributed by atoms with Crippen LogP contribution in [0.3, 0.4) is 0 Å². The Morgan fingerprint density at radius 1 is 1.21 bits per heavy atom. The molecule has 0 bridgehead atoms. The molecule has 0 aromatic carbocycles. The molecule has 2 saturated heterocycles. The van der Waals surface area contributed by atoms with Gasteiger partial charge in [-0.1, -0.05) is 0 Å². The predicted octanol–water partition coefficient (Wildman–Crippen LogP) is 0.443. The molecular formula is C11H22N2O. The maximum Gasteiger partial charge on any atom is 0.0460 e. The SMILES string of the molecule is OCC1CCN(C2CCCNC2)CC1. The van der Waals surface area contributed by atoms with Gasteiger partial charge in [0.15, 0.2) is 0 Å². The van der Waals surface area contributed by atoms with Gasteiger partial charge in [-0.25, -0.2) is 0 Å². The molecule has 0 radical (unpaired) electrons. The van der Waals surface area contributed by atoms with E-state index in [1.54, 1.807) is 0 Å². The summed E-state index contributed by atoms with van der Waals surface area (Å²) in [7, 11) is 0. The summed E-state index contributed by atoms with van der Waals surface area (Å²) in [6, 6.07) is 0.767. The molecule has 0 aromatic heterocycles. The van der Waals surface area contributed by atoms with Gasteiger partial charge in [0, 0.05) is 19.2 Å². The van der Waals surface area contributed by atoms with Crippen LogP contribution in [-0.2, 0) is 0 Å². The fourth-order valence-corrected chi connectivity index (χ4v) is 2.65. The van der Waals surface area contributed by atoms with Gasteiger partial charge in [0.1, 0.15) is 0 Å². The molecule has 2 N–H and O–H groups in total. The minimum atomic E-state index is 0.386. The van der Waals surface area contributed by atoms with Crippen molar-refractivity contribution in [1.29, 1.82) is 0 Å². The summed E-state index contributed by atoms with van der Waals surface area (Å²) in [5.74, 6) is 0.572. The minimum absolute atomic E-state index is 0.386. The summed E-state index contributed by atoms with van der Waals surface area (Å²) in [6.07, 6.45) is 5.06. The van der Waals surface area contributed by atoms with Gasteiger partial charge >= 0.3 is 0 Å². The number of hydrogen-bond donors (Lipinski definition) is 2. The Morgan fingerprint density at radius 3 is 2.57 bits per heavy atom. The average molecular weight is 198 g/mol. The maximum atomic E-state index is 9.06. The molecule has 3 heteroatoms. The molecule has 1 unspecified atom stereocenters. The van der Waals surface area contributed by atoms with E-state index in [2.05, 4.69) is 10.2 Å². The fraction of sp³-hybridized carbons (Fsp3) is 1.00. The summed E-state index contributed by atoms with van der Waals surface area (Å²) in [6.45, 7) is 5.14. The van der Waals surface area contributed by atoms with E-state index in [4.69, 9.17) is 5.11 Å². The van der Waals surface area contributed by atoms with Gasteiger partial charge in [-0.2, -0.15) is 0 Å². The topological polar surface area (TPSA) is 35.5 Å². The third kappa shape index (κ3) is 2.47. The van der Waals surface area contributed by atoms with Crippen molar-refractivity contribution in [3.05, 3.63) is 0 Å². The third-order valence-corrected chi connectivity index (χ3v) is 3.69. The molecule has 2 aliphatic heterocycles. The zero-order valence-electron chi connectivity index (χ0n) is 8.91. The lowest BCUT2D eigenvalue weighted by Gasteiger charge is -2.39. The van der Waals surface area contributed by atoms with Crippen LogP contribution in [-0.4, -0.2) is 48.8 Å². The quantitative estimate of drug-likeness (QED) is 0.676. The fourth-order valence-electron chi connectivity index (χ4n) is 2.65. The van der Waals surface area contributed by atoms with Crippen molar-refractivity contribution in [3.63, 3.8) is 0 Å². The third-order valence-electron chi connectivity index (χ3n) is 3.69. The van der Waals surface area contributed by atoms with Gasteiger partial charge in [-0.3, -0.25) is 4.90 Å². The van der Waals surface area contributed by atoms with Crippen LogP contribution < -0.4 is 5.32 Å². The highest BCUT2D eigenvalue weighted by atomic mass is 16.3. The smallest absolute Gasteiger partial charge is 0.0460 e. The molecule has 0 saturated carbocycles. The van der Waals surface area contributed by atoms with Gasteiger partial charge in [0.2, 0.25) is 0 Å². The average Bonchev–Trinajstić information content (AvgIpc) is 2.30. The highest BCUT2D eigenvalue weighted by Gasteiger charge is 2.25. The second-order valence-corrected chi connectivity index (χ2v) is 4.66. The highest BCUT2D eigenvalue weighted by molar-refractivity contribution is 4.82. The lowest BCUT2D eigenvalue weighted by Crippen LogP contribution is -2.49. The molecule has 0 amide bonds. The Balaban J connectivity index is 1.76. The van der Waals surface area contributed by atoms with E-state index in [-0.39, 0.29) is 0 Å². The van der Waals surface area contributed by atoms with Gasteiger partial charge in [-0.05, 0) is 51.2 Å². The van der Waals surface area contributed by atoms with Crippen LogP contribution in [0.2, 0.25) is 0 Å². The number of aliphatic hydroxyl groups excluding tert-OH is 1. The first-order chi connectivity index (χ1) is 6.90. The summed E-state index contributed by atoms with van der Waals surface area (Å²) < 4.78 is 0. The Morgan fingerprint density at radius 2 is 2.00 bits per heavy atom. The summed E-state index contributed by atoms with van der Waals surface area (Å²) in [4.78, 5) is 2.61. The Kier molecular flexibility index (Phi) is 3.79. The lowest BCUT2D eigenvalue weighted by molar-refractivity contribution is 0.0891. The predicted molar refractivity (Wildman–Crippen MR) is 57.3 cm³/mol. The van der Waals surface area contributed by atoms with Crippen LogP contribution in [0.1, 0.15) is 25.7 Å². The number of aliphatic hydroxyl groups is 1. The first-order valence-electron chi connectivity index (χ1n) is 5.96. The maximum absolute atomic E-state index is 9.06. The van der Waals surface area contributed by atoms with E-state index in [1.807, 2.05) is 0 Å². The number of nitrogens with one attached hydrogen (secondary N) is 1. The normalized spacial score (nSPS) is 31.9. The monoisotopic (exact) mass is 198 g/mol. The van der Waals surface area contributed by atoms with Crippen molar-refractivity contribution in [2.45, 2.75) is 31.7 Å². The molecule has 0 spiro atoms. The van der Waals surface area contributed by atoms with Crippen molar-refractivity contribution < 1.29 is 5.11 Å². The van der Waals surface area contributed by atoms with Crippen LogP contribution in [0.4, 0.5) is 0 Å². The van der Waals surface area contributed by atoms with Crippen molar-refractivity contribution in [1.82, 2.24) is 10.2 Å². The second kappa shape index (κ2) is 5.10. The molecule has 3 nitrogen and oxygen atoms in total. The Labute approximate surface area is 86.5 Å². The van der Waals surface area contributed by atoms with E-state index in [0.29, 0.717) is 12.5 Å². The number of piperidine rings is 2. The van der Waals surface area contributed by atoms with Crippen LogP contribution in [0.15, 0.2) is 0 Å². The first-order valence-corrected chi connectivity index (χ1v) is 5.96. The van der Waals surface area contributed by atoms with E-state index < -0.39 is 0 Å². The number of nitrogens with zero attached hydrogens (tertiary/aromatic N) is 1. The molecule has 2 fully saturated rings. The highest BCUT2D eigenvalue weighted by Crippen LogP contribution is 2.20. The molecule has 2 aliphatic rings. The molecule has 1 atom stereocenters. The number of hydrogen-bond acceptors (Lipinski definition) is 3. The number of likely N-dealkylation sites (tertiary alicyclic amines) is 1. The first kappa shape index (κ1) is 10.4. The van der Waals surface area contributed by atoms with E-state index >= 15 is 0 Å². The molecule has 82 valence electrons. The van der Waals surface area contributed by atoms with Gasteiger partial charge in [-0.15, -0.1) is 0 Å². The zero-order valence-corrected chi connectivity index (χ0v) is 8.91. The van der Waals surface area contributed by atoms with Crippen LogP contribution >= 0.6 is 0 Å². The summed E-state index contributed by atoms with van der Waals surface area (Å²) in [5.41, 5.74) is 0. The standard InChI is InChI=1S/C11H22N2O/c14-9-10-3-6-13(7-4-10)11-2-1-5-12-8-11/h10-12,14H,1-9H2. The molecular weight excluding hydrogens is 176 g/mol. The van der Waals surface area contributed by atoms with Crippen molar-refractivity contribution in [3.8, 4) is 0 Å². The van der Waals surface area contributed by atoms with Crippen molar-refractivity contribution in [2.75, 3.05) is 32.8 Å². The van der Waals surface area contributed by atoms with Crippen LogP contribution in [0, 0.1) is 5.92 Å². The lowest BCUT2D eigenvalue weighted by atomic mass is 9.95. The van der Waals surface area contributed by atoms with Crippen molar-refractivity contribution in [2.24, 2.45) is 5.92 Å². The largest absolute Gasteiger partial charge is 0.396 e. The zero-order chi connectivity index (χ0) is 9.80. The molecule has 2 heterocycles. The molecule has 0 aromatic rings. The summed E-state index contributed by atoms with van der Waals surface area (Å²) >= 11 is 0. The molecule has 0 aliphatic carbocycles. The number of rotatable bonds is 2. The second-order valence-electron chi connectivity index (χ2n) is 4.66. The molecule has 14 heavy (non-hydrogen) atoms. The van der Waals surface area contributed by atoms with Gasteiger partial charge in [0.25, 0.3) is 0 Å². The minimum Gasteiger partial charge on any atom is -0.396 e. The van der Waals surface area contributed by atoms with Crippen LogP contribution in [0.5, 0.6) is 0 Å². The Bertz CT molecular complexity index is 161. The van der Waals surface area contributed by atoms with E-state index in [9.17, 15) is 0 Å².